The van der Waals surface area contributed by atoms with E-state index >= 15 is 0 Å². The van der Waals surface area contributed by atoms with Gasteiger partial charge in [0.05, 0.1) is 19.6 Å². The van der Waals surface area contributed by atoms with Gasteiger partial charge in [0, 0.05) is 12.5 Å². The lowest BCUT2D eigenvalue weighted by atomic mass is 9.90. The average Bonchev–Trinajstić information content (AvgIpc) is 2.86. The molecule has 2 unspecified atom stereocenters. The molecule has 1 heterocycles. The van der Waals surface area contributed by atoms with Gasteiger partial charge in [0.25, 0.3) is 0 Å². The van der Waals surface area contributed by atoms with Crippen LogP contribution >= 0.6 is 0 Å². The Bertz CT molecular complexity index is 445. The van der Waals surface area contributed by atoms with E-state index in [1.807, 2.05) is 25.1 Å². The highest BCUT2D eigenvalue weighted by molar-refractivity contribution is 5.73. The van der Waals surface area contributed by atoms with Crippen LogP contribution in [0.4, 0.5) is 0 Å². The maximum Gasteiger partial charge on any atom is 0.310 e. The Kier molecular flexibility index (Phi) is 3.87. The molecule has 2 rings (SSSR count). The van der Waals surface area contributed by atoms with Gasteiger partial charge in [-0.2, -0.15) is 0 Å². The first kappa shape index (κ1) is 12.9. The highest BCUT2D eigenvalue weighted by atomic mass is 16.5. The molecule has 1 aromatic rings. The summed E-state index contributed by atoms with van der Waals surface area (Å²) in [5.74, 6) is 0.384. The number of rotatable bonds is 4. The molecule has 1 aromatic carbocycles. The summed E-state index contributed by atoms with van der Waals surface area (Å²) in [6.45, 7) is 2.67. The van der Waals surface area contributed by atoms with Crippen molar-refractivity contribution >= 4 is 5.97 Å². The second-order valence-corrected chi connectivity index (χ2v) is 4.53. The monoisotopic (exact) mass is 249 g/mol. The first-order chi connectivity index (χ1) is 8.67. The number of hydrogen-bond donors (Lipinski definition) is 1. The van der Waals surface area contributed by atoms with Crippen LogP contribution in [0.15, 0.2) is 18.2 Å². The lowest BCUT2D eigenvalue weighted by Gasteiger charge is -2.21. The van der Waals surface area contributed by atoms with E-state index < -0.39 is 0 Å². The fraction of sp³-hybridized carbons (Fsp3) is 0.500. The molecule has 2 atom stereocenters. The predicted molar refractivity (Wildman–Crippen MR) is 68.4 cm³/mol. The van der Waals surface area contributed by atoms with Gasteiger partial charge in [0.1, 0.15) is 5.75 Å². The number of nitrogens with two attached hydrogens (primary N) is 1. The van der Waals surface area contributed by atoms with E-state index in [1.165, 1.54) is 12.7 Å². The van der Waals surface area contributed by atoms with Gasteiger partial charge in [-0.3, -0.25) is 4.79 Å². The summed E-state index contributed by atoms with van der Waals surface area (Å²) in [6.07, 6.45) is 1.58. The van der Waals surface area contributed by atoms with Gasteiger partial charge in [-0.05, 0) is 23.6 Å². The number of ether oxygens (including phenoxy) is 2. The number of esters is 1. The van der Waals surface area contributed by atoms with Crippen LogP contribution in [0.5, 0.6) is 5.75 Å². The SMILES string of the molecule is CCC(C(=O)OC)C(N)c1ccc2c(c1)CCO2. The zero-order chi connectivity index (χ0) is 13.1. The summed E-state index contributed by atoms with van der Waals surface area (Å²) in [7, 11) is 1.40. The minimum Gasteiger partial charge on any atom is -0.493 e. The summed E-state index contributed by atoms with van der Waals surface area (Å²) in [4.78, 5) is 11.7. The second kappa shape index (κ2) is 5.40. The van der Waals surface area contributed by atoms with Crippen molar-refractivity contribution in [3.05, 3.63) is 29.3 Å². The predicted octanol–water partition coefficient (Wildman–Crippen LogP) is 1.82. The second-order valence-electron chi connectivity index (χ2n) is 4.53. The molecule has 2 N–H and O–H groups in total. The Labute approximate surface area is 107 Å². The van der Waals surface area contributed by atoms with Crippen molar-refractivity contribution in [3.8, 4) is 5.75 Å². The van der Waals surface area contributed by atoms with Crippen LogP contribution < -0.4 is 10.5 Å². The summed E-state index contributed by atoms with van der Waals surface area (Å²) in [5.41, 5.74) is 8.32. The third kappa shape index (κ3) is 2.34. The van der Waals surface area contributed by atoms with Gasteiger partial charge in [0.15, 0.2) is 0 Å². The molecule has 1 aliphatic heterocycles. The summed E-state index contributed by atoms with van der Waals surface area (Å²) in [5, 5.41) is 0. The van der Waals surface area contributed by atoms with Crippen LogP contribution in [0.1, 0.15) is 30.5 Å². The van der Waals surface area contributed by atoms with E-state index in [4.69, 9.17) is 15.2 Å². The Morgan fingerprint density at radius 1 is 1.56 bits per heavy atom. The third-order valence-electron chi connectivity index (χ3n) is 3.48. The molecule has 1 aliphatic rings. The van der Waals surface area contributed by atoms with E-state index in [9.17, 15) is 4.79 Å². The molecule has 18 heavy (non-hydrogen) atoms. The van der Waals surface area contributed by atoms with Crippen LogP contribution in [-0.2, 0) is 16.0 Å². The van der Waals surface area contributed by atoms with Gasteiger partial charge in [-0.25, -0.2) is 0 Å². The zero-order valence-corrected chi connectivity index (χ0v) is 10.8. The molecule has 0 aromatic heterocycles. The fourth-order valence-corrected chi connectivity index (χ4v) is 2.36. The molecule has 4 nitrogen and oxygen atoms in total. The van der Waals surface area contributed by atoms with Crippen molar-refractivity contribution in [3.63, 3.8) is 0 Å². The largest absolute Gasteiger partial charge is 0.493 e. The highest BCUT2D eigenvalue weighted by Gasteiger charge is 2.26. The van der Waals surface area contributed by atoms with Crippen LogP contribution in [0, 0.1) is 5.92 Å². The first-order valence-corrected chi connectivity index (χ1v) is 6.26. The normalized spacial score (nSPS) is 16.6. The fourth-order valence-electron chi connectivity index (χ4n) is 2.36. The van der Waals surface area contributed by atoms with Gasteiger partial charge < -0.3 is 15.2 Å². The van der Waals surface area contributed by atoms with Crippen LogP contribution in [0.2, 0.25) is 0 Å². The summed E-state index contributed by atoms with van der Waals surface area (Å²) >= 11 is 0. The number of fused-ring (bicyclic) bond motifs is 1. The molecule has 0 radical (unpaired) electrons. The molecule has 0 aliphatic carbocycles. The van der Waals surface area contributed by atoms with Crippen LogP contribution in [-0.4, -0.2) is 19.7 Å². The molecular weight excluding hydrogens is 230 g/mol. The Balaban J connectivity index is 2.22. The number of carbonyl (C=O) groups is 1. The van der Waals surface area contributed by atoms with Crippen molar-refractivity contribution in [2.75, 3.05) is 13.7 Å². The van der Waals surface area contributed by atoms with Gasteiger partial charge in [-0.15, -0.1) is 0 Å². The molecule has 0 spiro atoms. The van der Waals surface area contributed by atoms with E-state index in [-0.39, 0.29) is 17.9 Å². The quantitative estimate of drug-likeness (QED) is 0.827. The molecule has 0 bridgehead atoms. The van der Waals surface area contributed by atoms with Crippen LogP contribution in [0.3, 0.4) is 0 Å². The van der Waals surface area contributed by atoms with E-state index in [0.717, 1.165) is 24.3 Å². The maximum atomic E-state index is 11.7. The average molecular weight is 249 g/mol. The molecule has 0 saturated heterocycles. The van der Waals surface area contributed by atoms with Gasteiger partial charge >= 0.3 is 5.97 Å². The standard InChI is InChI=1S/C14H19NO3/c1-3-11(14(16)17-2)13(15)10-4-5-12-9(8-10)6-7-18-12/h4-5,8,11,13H,3,6-7,15H2,1-2H3. The van der Waals surface area contributed by atoms with Crippen molar-refractivity contribution < 1.29 is 14.3 Å². The Morgan fingerprint density at radius 2 is 2.33 bits per heavy atom. The minimum absolute atomic E-state index is 0.248. The summed E-state index contributed by atoms with van der Waals surface area (Å²) < 4.78 is 10.3. The van der Waals surface area contributed by atoms with Crippen molar-refractivity contribution in [2.24, 2.45) is 11.7 Å². The van der Waals surface area contributed by atoms with E-state index in [1.54, 1.807) is 0 Å². The molecule has 0 saturated carbocycles. The third-order valence-corrected chi connectivity index (χ3v) is 3.48. The molecule has 98 valence electrons. The lowest BCUT2D eigenvalue weighted by Crippen LogP contribution is -2.28. The number of carbonyl (C=O) groups excluding carboxylic acids is 1. The smallest absolute Gasteiger partial charge is 0.310 e. The summed E-state index contributed by atoms with van der Waals surface area (Å²) in [6, 6.07) is 5.58. The van der Waals surface area contributed by atoms with E-state index in [0.29, 0.717) is 6.42 Å². The highest BCUT2D eigenvalue weighted by Crippen LogP contribution is 2.30. The molecular formula is C14H19NO3. The van der Waals surface area contributed by atoms with E-state index in [2.05, 4.69) is 0 Å². The Morgan fingerprint density at radius 3 is 3.00 bits per heavy atom. The maximum absolute atomic E-state index is 11.7. The number of methoxy groups -OCH3 is 1. The van der Waals surface area contributed by atoms with Crippen LogP contribution in [0.25, 0.3) is 0 Å². The molecule has 4 heteroatoms. The zero-order valence-electron chi connectivity index (χ0n) is 10.8. The number of benzene rings is 1. The Hall–Kier alpha value is -1.55. The van der Waals surface area contributed by atoms with Crippen molar-refractivity contribution in [1.82, 2.24) is 0 Å². The van der Waals surface area contributed by atoms with Gasteiger partial charge in [-0.1, -0.05) is 19.1 Å². The van der Waals surface area contributed by atoms with Crippen molar-refractivity contribution in [2.45, 2.75) is 25.8 Å². The lowest BCUT2D eigenvalue weighted by molar-refractivity contribution is -0.146. The van der Waals surface area contributed by atoms with Crippen molar-refractivity contribution in [1.29, 1.82) is 0 Å². The molecule has 0 amide bonds. The first-order valence-electron chi connectivity index (χ1n) is 6.26. The molecule has 0 fully saturated rings. The number of hydrogen-bond acceptors (Lipinski definition) is 4. The minimum atomic E-state index is -0.326. The van der Waals surface area contributed by atoms with Gasteiger partial charge in [0.2, 0.25) is 0 Å². The topological polar surface area (TPSA) is 61.5 Å².